The summed E-state index contributed by atoms with van der Waals surface area (Å²) < 4.78 is 0. The maximum Gasteiger partial charge on any atom is 0.165 e. The number of rotatable bonds is 6. The van der Waals surface area contributed by atoms with Crippen molar-refractivity contribution in [1.29, 1.82) is 0 Å². The molecule has 1 aliphatic carbocycles. The molecular formula is C19H28N2O. The Morgan fingerprint density at radius 1 is 1.05 bits per heavy atom. The van der Waals surface area contributed by atoms with Gasteiger partial charge in [0.15, 0.2) is 5.78 Å². The molecule has 0 atom stereocenters. The lowest BCUT2D eigenvalue weighted by Gasteiger charge is -2.39. The third kappa shape index (κ3) is 3.35. The van der Waals surface area contributed by atoms with Crippen molar-refractivity contribution in [1.82, 2.24) is 4.90 Å². The molecule has 2 fully saturated rings. The van der Waals surface area contributed by atoms with Crippen LogP contribution in [0.4, 0.5) is 5.69 Å². The number of ketones is 1. The van der Waals surface area contributed by atoms with E-state index in [0.717, 1.165) is 50.6 Å². The fourth-order valence-electron chi connectivity index (χ4n) is 3.57. The minimum atomic E-state index is 0.314. The Labute approximate surface area is 134 Å². The van der Waals surface area contributed by atoms with Crippen LogP contribution in [0.25, 0.3) is 0 Å². The second-order valence-electron chi connectivity index (χ2n) is 6.68. The van der Waals surface area contributed by atoms with Gasteiger partial charge in [-0.1, -0.05) is 13.8 Å². The SMILES string of the molecule is CCC(CC)N1CCN(c2ccc(C(=O)C3CC3)cc2)CC1. The van der Waals surface area contributed by atoms with Gasteiger partial charge in [-0.2, -0.15) is 0 Å². The molecule has 1 aromatic rings. The molecule has 1 saturated heterocycles. The van der Waals surface area contributed by atoms with Crippen LogP contribution in [0.2, 0.25) is 0 Å². The van der Waals surface area contributed by atoms with Crippen LogP contribution >= 0.6 is 0 Å². The van der Waals surface area contributed by atoms with Crippen molar-refractivity contribution in [3.63, 3.8) is 0 Å². The summed E-state index contributed by atoms with van der Waals surface area (Å²) in [7, 11) is 0. The van der Waals surface area contributed by atoms with E-state index in [1.165, 1.54) is 18.5 Å². The molecule has 1 saturated carbocycles. The van der Waals surface area contributed by atoms with Crippen LogP contribution in [-0.4, -0.2) is 42.9 Å². The maximum atomic E-state index is 12.1. The molecule has 3 rings (SSSR count). The van der Waals surface area contributed by atoms with Crippen LogP contribution in [0, 0.1) is 5.92 Å². The molecular weight excluding hydrogens is 272 g/mol. The molecule has 0 amide bonds. The summed E-state index contributed by atoms with van der Waals surface area (Å²) in [6, 6.07) is 9.03. The van der Waals surface area contributed by atoms with Gasteiger partial charge in [0, 0.05) is 49.4 Å². The van der Waals surface area contributed by atoms with Crippen molar-refractivity contribution in [2.45, 2.75) is 45.6 Å². The number of Topliss-reactive ketones (excluding diaryl/α,β-unsaturated/α-hetero) is 1. The van der Waals surface area contributed by atoms with Gasteiger partial charge >= 0.3 is 0 Å². The summed E-state index contributed by atoms with van der Waals surface area (Å²) in [5, 5.41) is 0. The molecule has 0 aromatic heterocycles. The number of carbonyl (C=O) groups is 1. The molecule has 1 aliphatic heterocycles. The zero-order valence-electron chi connectivity index (χ0n) is 13.9. The van der Waals surface area contributed by atoms with Gasteiger partial charge in [0.05, 0.1) is 0 Å². The van der Waals surface area contributed by atoms with E-state index in [4.69, 9.17) is 0 Å². The molecule has 3 nitrogen and oxygen atoms in total. The molecule has 1 heterocycles. The van der Waals surface area contributed by atoms with Crippen LogP contribution in [-0.2, 0) is 0 Å². The number of benzene rings is 1. The maximum absolute atomic E-state index is 12.1. The predicted molar refractivity (Wildman–Crippen MR) is 91.7 cm³/mol. The number of nitrogens with zero attached hydrogens (tertiary/aromatic N) is 2. The van der Waals surface area contributed by atoms with Crippen LogP contribution in [0.3, 0.4) is 0 Å². The smallest absolute Gasteiger partial charge is 0.165 e. The van der Waals surface area contributed by atoms with Crippen LogP contribution in [0.15, 0.2) is 24.3 Å². The predicted octanol–water partition coefficient (Wildman–Crippen LogP) is 3.59. The lowest BCUT2D eigenvalue weighted by molar-refractivity contribution is 0.0967. The Morgan fingerprint density at radius 3 is 2.14 bits per heavy atom. The minimum absolute atomic E-state index is 0.314. The Balaban J connectivity index is 1.58. The normalized spacial score (nSPS) is 19.7. The lowest BCUT2D eigenvalue weighted by Crippen LogP contribution is -2.50. The van der Waals surface area contributed by atoms with Crippen molar-refractivity contribution in [3.05, 3.63) is 29.8 Å². The summed E-state index contributed by atoms with van der Waals surface area (Å²) >= 11 is 0. The molecule has 120 valence electrons. The highest BCUT2D eigenvalue weighted by Crippen LogP contribution is 2.33. The van der Waals surface area contributed by atoms with Crippen LogP contribution in [0.1, 0.15) is 49.9 Å². The number of carbonyl (C=O) groups excluding carboxylic acids is 1. The third-order valence-corrected chi connectivity index (χ3v) is 5.24. The van der Waals surface area contributed by atoms with E-state index in [1.807, 2.05) is 12.1 Å². The second-order valence-corrected chi connectivity index (χ2v) is 6.68. The summed E-state index contributed by atoms with van der Waals surface area (Å²) in [4.78, 5) is 17.1. The summed E-state index contributed by atoms with van der Waals surface area (Å²) in [6.07, 6.45) is 4.65. The van der Waals surface area contributed by atoms with E-state index in [2.05, 4.69) is 35.8 Å². The van der Waals surface area contributed by atoms with Gasteiger partial charge in [-0.3, -0.25) is 9.69 Å². The van der Waals surface area contributed by atoms with E-state index in [1.54, 1.807) is 0 Å². The van der Waals surface area contributed by atoms with Gasteiger partial charge in [0.1, 0.15) is 0 Å². The van der Waals surface area contributed by atoms with Gasteiger partial charge in [0.2, 0.25) is 0 Å². The van der Waals surface area contributed by atoms with Crippen molar-refractivity contribution in [3.8, 4) is 0 Å². The van der Waals surface area contributed by atoms with E-state index < -0.39 is 0 Å². The van der Waals surface area contributed by atoms with Crippen molar-refractivity contribution < 1.29 is 4.79 Å². The molecule has 2 aliphatic rings. The highest BCUT2D eigenvalue weighted by Gasteiger charge is 2.30. The summed E-state index contributed by atoms with van der Waals surface area (Å²) in [5.74, 6) is 0.652. The van der Waals surface area contributed by atoms with E-state index in [0.29, 0.717) is 11.7 Å². The number of hydrogen-bond donors (Lipinski definition) is 0. The van der Waals surface area contributed by atoms with E-state index in [9.17, 15) is 4.79 Å². The zero-order valence-corrected chi connectivity index (χ0v) is 13.9. The lowest BCUT2D eigenvalue weighted by atomic mass is 10.1. The molecule has 1 aromatic carbocycles. The Morgan fingerprint density at radius 2 is 1.64 bits per heavy atom. The van der Waals surface area contributed by atoms with Gasteiger partial charge in [-0.15, -0.1) is 0 Å². The number of piperazine rings is 1. The first-order valence-electron chi connectivity index (χ1n) is 8.86. The van der Waals surface area contributed by atoms with Crippen molar-refractivity contribution in [2.24, 2.45) is 5.92 Å². The zero-order chi connectivity index (χ0) is 15.5. The number of hydrogen-bond acceptors (Lipinski definition) is 3. The van der Waals surface area contributed by atoms with Crippen LogP contribution < -0.4 is 4.90 Å². The monoisotopic (exact) mass is 300 g/mol. The first-order chi connectivity index (χ1) is 10.7. The molecule has 0 bridgehead atoms. The Bertz CT molecular complexity index is 495. The standard InChI is InChI=1S/C19H28N2O/c1-3-17(4-2)20-11-13-21(14-12-20)18-9-7-16(8-10-18)19(22)15-5-6-15/h7-10,15,17H,3-6,11-14H2,1-2H3. The molecule has 22 heavy (non-hydrogen) atoms. The fourth-order valence-corrected chi connectivity index (χ4v) is 3.57. The van der Waals surface area contributed by atoms with Gasteiger partial charge in [-0.05, 0) is 49.9 Å². The first kappa shape index (κ1) is 15.5. The van der Waals surface area contributed by atoms with E-state index >= 15 is 0 Å². The van der Waals surface area contributed by atoms with Gasteiger partial charge in [0.25, 0.3) is 0 Å². The average Bonchev–Trinajstić information content (AvgIpc) is 3.41. The first-order valence-corrected chi connectivity index (χ1v) is 8.86. The molecule has 3 heteroatoms. The highest BCUT2D eigenvalue weighted by molar-refractivity contribution is 5.99. The summed E-state index contributed by atoms with van der Waals surface area (Å²) in [5.41, 5.74) is 2.15. The quantitative estimate of drug-likeness (QED) is 0.750. The second kappa shape index (κ2) is 6.82. The topological polar surface area (TPSA) is 23.6 Å². The van der Waals surface area contributed by atoms with Gasteiger partial charge < -0.3 is 4.90 Å². The largest absolute Gasteiger partial charge is 0.369 e. The summed E-state index contributed by atoms with van der Waals surface area (Å²) in [6.45, 7) is 9.05. The number of anilines is 1. The molecule has 0 N–H and O–H groups in total. The molecule has 0 radical (unpaired) electrons. The van der Waals surface area contributed by atoms with E-state index in [-0.39, 0.29) is 0 Å². The molecule has 0 unspecified atom stereocenters. The van der Waals surface area contributed by atoms with Gasteiger partial charge in [-0.25, -0.2) is 0 Å². The third-order valence-electron chi connectivity index (χ3n) is 5.24. The Hall–Kier alpha value is -1.35. The average molecular weight is 300 g/mol. The van der Waals surface area contributed by atoms with Crippen LogP contribution in [0.5, 0.6) is 0 Å². The minimum Gasteiger partial charge on any atom is -0.369 e. The van der Waals surface area contributed by atoms with Crippen molar-refractivity contribution >= 4 is 11.5 Å². The fraction of sp³-hybridized carbons (Fsp3) is 0.632. The molecule has 0 spiro atoms. The van der Waals surface area contributed by atoms with Crippen molar-refractivity contribution in [2.75, 3.05) is 31.1 Å². The Kier molecular flexibility index (Phi) is 4.82. The highest BCUT2D eigenvalue weighted by atomic mass is 16.1.